The van der Waals surface area contributed by atoms with Crippen molar-refractivity contribution in [3.05, 3.63) is 23.8 Å². The van der Waals surface area contributed by atoms with Crippen LogP contribution < -0.4 is 15.8 Å². The SMILES string of the molecule is CC[C@H](C)[C@H](N)C(=O)OCCNC(=O)Cc1ccc(OC)c(O)c1. The number of phenolic OH excluding ortho intramolecular Hbond substituents is 1. The third-order valence-corrected chi connectivity index (χ3v) is 3.81. The molecular weight excluding hydrogens is 312 g/mol. The molecule has 7 heteroatoms. The van der Waals surface area contributed by atoms with Gasteiger partial charge in [0.2, 0.25) is 5.91 Å². The summed E-state index contributed by atoms with van der Waals surface area (Å²) in [5.41, 5.74) is 6.41. The zero-order valence-electron chi connectivity index (χ0n) is 14.4. The average Bonchev–Trinajstić information content (AvgIpc) is 2.57. The van der Waals surface area contributed by atoms with E-state index in [1.807, 2.05) is 13.8 Å². The molecule has 0 spiro atoms. The van der Waals surface area contributed by atoms with E-state index in [-0.39, 0.29) is 37.1 Å². The number of carbonyl (C=O) groups excluding carboxylic acids is 2. The highest BCUT2D eigenvalue weighted by atomic mass is 16.5. The molecule has 1 rings (SSSR count). The number of esters is 1. The quantitative estimate of drug-likeness (QED) is 0.457. The Morgan fingerprint density at radius 3 is 2.67 bits per heavy atom. The van der Waals surface area contributed by atoms with Gasteiger partial charge in [-0.1, -0.05) is 26.3 Å². The van der Waals surface area contributed by atoms with Crippen LogP contribution in [-0.4, -0.2) is 43.3 Å². The summed E-state index contributed by atoms with van der Waals surface area (Å²) in [7, 11) is 1.45. The van der Waals surface area contributed by atoms with Crippen molar-refractivity contribution in [3.63, 3.8) is 0 Å². The first-order chi connectivity index (χ1) is 11.4. The van der Waals surface area contributed by atoms with Crippen LogP contribution in [0.1, 0.15) is 25.8 Å². The predicted octanol–water partition coefficient (Wildman–Crippen LogP) is 0.976. The van der Waals surface area contributed by atoms with Crippen LogP contribution in [0.25, 0.3) is 0 Å². The number of benzene rings is 1. The molecule has 0 aliphatic heterocycles. The van der Waals surface area contributed by atoms with E-state index in [9.17, 15) is 14.7 Å². The summed E-state index contributed by atoms with van der Waals surface area (Å²) >= 11 is 0. The van der Waals surface area contributed by atoms with Gasteiger partial charge in [-0.25, -0.2) is 0 Å². The van der Waals surface area contributed by atoms with Gasteiger partial charge in [0.25, 0.3) is 0 Å². The fourth-order valence-electron chi connectivity index (χ4n) is 2.02. The summed E-state index contributed by atoms with van der Waals surface area (Å²) < 4.78 is 9.98. The molecule has 2 atom stereocenters. The van der Waals surface area contributed by atoms with Crippen molar-refractivity contribution < 1.29 is 24.2 Å². The first kappa shape index (κ1) is 19.8. The van der Waals surface area contributed by atoms with Crippen LogP contribution in [0, 0.1) is 5.92 Å². The van der Waals surface area contributed by atoms with Crippen molar-refractivity contribution in [3.8, 4) is 11.5 Å². The van der Waals surface area contributed by atoms with Crippen LogP contribution in [-0.2, 0) is 20.7 Å². The molecule has 7 nitrogen and oxygen atoms in total. The van der Waals surface area contributed by atoms with Crippen molar-refractivity contribution in [2.24, 2.45) is 11.7 Å². The number of carbonyl (C=O) groups is 2. The summed E-state index contributed by atoms with van der Waals surface area (Å²) in [6, 6.07) is 4.12. The minimum Gasteiger partial charge on any atom is -0.504 e. The van der Waals surface area contributed by atoms with E-state index in [0.29, 0.717) is 11.3 Å². The van der Waals surface area contributed by atoms with Crippen LogP contribution in [0.3, 0.4) is 0 Å². The largest absolute Gasteiger partial charge is 0.504 e. The Bertz CT molecular complexity index is 562. The monoisotopic (exact) mass is 338 g/mol. The Morgan fingerprint density at radius 1 is 1.38 bits per heavy atom. The lowest BCUT2D eigenvalue weighted by molar-refractivity contribution is -0.146. The van der Waals surface area contributed by atoms with Gasteiger partial charge in [0.05, 0.1) is 20.1 Å². The third kappa shape index (κ3) is 6.08. The molecule has 0 saturated heterocycles. The van der Waals surface area contributed by atoms with Gasteiger partial charge in [0.15, 0.2) is 11.5 Å². The molecular formula is C17H26N2O5. The minimum atomic E-state index is -0.645. The van der Waals surface area contributed by atoms with Crippen LogP contribution >= 0.6 is 0 Å². The van der Waals surface area contributed by atoms with Gasteiger partial charge in [-0.15, -0.1) is 0 Å². The first-order valence-electron chi connectivity index (χ1n) is 7.93. The zero-order valence-corrected chi connectivity index (χ0v) is 14.4. The van der Waals surface area contributed by atoms with Gasteiger partial charge in [-0.3, -0.25) is 9.59 Å². The summed E-state index contributed by atoms with van der Waals surface area (Å²) in [5.74, 6) is -0.310. The molecule has 1 amide bonds. The molecule has 1 aromatic rings. The Labute approximate surface area is 142 Å². The number of nitrogens with two attached hydrogens (primary N) is 1. The van der Waals surface area contributed by atoms with Gasteiger partial charge in [-0.2, -0.15) is 0 Å². The van der Waals surface area contributed by atoms with E-state index < -0.39 is 12.0 Å². The Hall–Kier alpha value is -2.28. The highest BCUT2D eigenvalue weighted by Crippen LogP contribution is 2.26. The van der Waals surface area contributed by atoms with E-state index in [0.717, 1.165) is 6.42 Å². The standard InChI is InChI=1S/C17H26N2O5/c1-4-11(2)16(18)17(22)24-8-7-19-15(21)10-12-5-6-14(23-3)13(20)9-12/h5-6,9,11,16,20H,4,7-8,10,18H2,1-3H3,(H,19,21)/t11-,16-/m0/s1. The second-order valence-electron chi connectivity index (χ2n) is 5.61. The number of amides is 1. The van der Waals surface area contributed by atoms with Gasteiger partial charge in [0, 0.05) is 0 Å². The molecule has 1 aromatic carbocycles. The van der Waals surface area contributed by atoms with Gasteiger partial charge < -0.3 is 25.6 Å². The lowest BCUT2D eigenvalue weighted by Crippen LogP contribution is -2.39. The molecule has 0 aliphatic carbocycles. The molecule has 0 aliphatic rings. The number of methoxy groups -OCH3 is 1. The molecule has 0 bridgehead atoms. The molecule has 24 heavy (non-hydrogen) atoms. The number of aromatic hydroxyl groups is 1. The molecule has 0 heterocycles. The lowest BCUT2D eigenvalue weighted by Gasteiger charge is -2.16. The number of phenols is 1. The van der Waals surface area contributed by atoms with E-state index in [1.54, 1.807) is 12.1 Å². The number of hydrogen-bond acceptors (Lipinski definition) is 6. The fourth-order valence-corrected chi connectivity index (χ4v) is 2.02. The van der Waals surface area contributed by atoms with E-state index >= 15 is 0 Å². The van der Waals surface area contributed by atoms with Gasteiger partial charge >= 0.3 is 5.97 Å². The summed E-state index contributed by atoms with van der Waals surface area (Å²) in [4.78, 5) is 23.5. The Morgan fingerprint density at radius 2 is 2.08 bits per heavy atom. The summed E-state index contributed by atoms with van der Waals surface area (Å²) in [6.07, 6.45) is 0.902. The van der Waals surface area contributed by atoms with Crippen molar-refractivity contribution in [2.45, 2.75) is 32.7 Å². The summed E-state index contributed by atoms with van der Waals surface area (Å²) in [6.45, 7) is 4.12. The smallest absolute Gasteiger partial charge is 0.323 e. The zero-order chi connectivity index (χ0) is 18.1. The van der Waals surface area contributed by atoms with E-state index in [2.05, 4.69) is 5.32 Å². The number of nitrogens with one attached hydrogen (secondary N) is 1. The molecule has 0 saturated carbocycles. The maximum Gasteiger partial charge on any atom is 0.323 e. The Kier molecular flexibility index (Phi) is 8.05. The second-order valence-corrected chi connectivity index (χ2v) is 5.61. The van der Waals surface area contributed by atoms with Crippen molar-refractivity contribution in [2.75, 3.05) is 20.3 Å². The highest BCUT2D eigenvalue weighted by Gasteiger charge is 2.20. The van der Waals surface area contributed by atoms with Crippen molar-refractivity contribution >= 4 is 11.9 Å². The van der Waals surface area contributed by atoms with E-state index in [1.165, 1.54) is 13.2 Å². The maximum atomic E-state index is 11.8. The summed E-state index contributed by atoms with van der Waals surface area (Å²) in [5, 5.41) is 12.3. The predicted molar refractivity (Wildman–Crippen MR) is 89.8 cm³/mol. The van der Waals surface area contributed by atoms with Crippen molar-refractivity contribution in [1.82, 2.24) is 5.32 Å². The molecule has 0 radical (unpaired) electrons. The molecule has 4 N–H and O–H groups in total. The Balaban J connectivity index is 2.32. The molecule has 134 valence electrons. The van der Waals surface area contributed by atoms with Gasteiger partial charge in [-0.05, 0) is 23.6 Å². The maximum absolute atomic E-state index is 11.8. The number of rotatable bonds is 9. The fraction of sp³-hybridized carbons (Fsp3) is 0.529. The molecule has 0 unspecified atom stereocenters. The van der Waals surface area contributed by atoms with E-state index in [4.69, 9.17) is 15.2 Å². The minimum absolute atomic E-state index is 0.0178. The second kappa shape index (κ2) is 9.77. The normalized spacial score (nSPS) is 13.0. The topological polar surface area (TPSA) is 111 Å². The van der Waals surface area contributed by atoms with Gasteiger partial charge in [0.1, 0.15) is 12.6 Å². The third-order valence-electron chi connectivity index (χ3n) is 3.81. The number of hydrogen-bond donors (Lipinski definition) is 3. The van der Waals surface area contributed by atoms with Crippen LogP contribution in [0.15, 0.2) is 18.2 Å². The van der Waals surface area contributed by atoms with Crippen LogP contribution in [0.4, 0.5) is 0 Å². The van der Waals surface area contributed by atoms with Crippen molar-refractivity contribution in [1.29, 1.82) is 0 Å². The first-order valence-corrected chi connectivity index (χ1v) is 7.93. The van der Waals surface area contributed by atoms with Crippen LogP contribution in [0.2, 0.25) is 0 Å². The average molecular weight is 338 g/mol. The lowest BCUT2D eigenvalue weighted by atomic mass is 10.0. The highest BCUT2D eigenvalue weighted by molar-refractivity contribution is 5.79. The molecule has 0 aromatic heterocycles. The number of ether oxygens (including phenoxy) is 2. The molecule has 0 fully saturated rings. The van der Waals surface area contributed by atoms with Crippen LogP contribution in [0.5, 0.6) is 11.5 Å².